The van der Waals surface area contributed by atoms with Crippen LogP contribution in [0.1, 0.15) is 37.6 Å². The maximum absolute atomic E-state index is 4.46. The van der Waals surface area contributed by atoms with E-state index in [9.17, 15) is 0 Å². The monoisotopic (exact) mass is 176 g/mol. The molecule has 0 saturated heterocycles. The number of nitrogens with zero attached hydrogens (tertiary/aromatic N) is 1. The molecule has 1 aromatic heterocycles. The lowest BCUT2D eigenvalue weighted by molar-refractivity contribution is 0.586. The van der Waals surface area contributed by atoms with Crippen molar-refractivity contribution < 1.29 is 0 Å². The maximum atomic E-state index is 4.46. The van der Waals surface area contributed by atoms with E-state index in [-0.39, 0.29) is 5.41 Å². The average molecular weight is 176 g/mol. The van der Waals surface area contributed by atoms with Crippen molar-refractivity contribution >= 4 is 0 Å². The first-order chi connectivity index (χ1) is 6.07. The van der Waals surface area contributed by atoms with E-state index in [1.165, 1.54) is 16.8 Å². The van der Waals surface area contributed by atoms with Crippen molar-refractivity contribution in [1.29, 1.82) is 0 Å². The quantitative estimate of drug-likeness (QED) is 0.654. The molecule has 1 aliphatic rings. The van der Waals surface area contributed by atoms with Crippen LogP contribution >= 0.6 is 0 Å². The Morgan fingerprint density at radius 3 is 2.77 bits per heavy atom. The van der Waals surface area contributed by atoms with Gasteiger partial charge in [-0.1, -0.05) is 26.8 Å². The Bertz CT molecular complexity index is 323. The van der Waals surface area contributed by atoms with E-state index in [1.54, 1.807) is 0 Å². The molecule has 0 amide bonds. The molecule has 0 radical (unpaired) electrons. The fraction of sp³-hybridized carbons (Fsp3) is 0.545. The number of nitrogens with one attached hydrogen (secondary N) is 1. The third-order valence-corrected chi connectivity index (χ3v) is 2.53. The number of fused-ring (bicyclic) bond motifs is 1. The summed E-state index contributed by atoms with van der Waals surface area (Å²) < 4.78 is 0. The Hall–Kier alpha value is -0.890. The molecule has 13 heavy (non-hydrogen) atoms. The molecule has 1 aromatic rings. The Kier molecular flexibility index (Phi) is 1.88. The van der Waals surface area contributed by atoms with Gasteiger partial charge in [0, 0.05) is 19.3 Å². The van der Waals surface area contributed by atoms with E-state index >= 15 is 0 Å². The second-order valence-electron chi connectivity index (χ2n) is 4.68. The summed E-state index contributed by atoms with van der Waals surface area (Å²) in [6.07, 6.45) is 2.01. The van der Waals surface area contributed by atoms with Crippen LogP contribution in [0.15, 0.2) is 12.3 Å². The highest BCUT2D eigenvalue weighted by atomic mass is 14.9. The van der Waals surface area contributed by atoms with Gasteiger partial charge in [-0.05, 0) is 16.5 Å². The smallest absolute Gasteiger partial charge is 0.0586 e. The highest BCUT2D eigenvalue weighted by Gasteiger charge is 2.18. The van der Waals surface area contributed by atoms with Crippen molar-refractivity contribution in [3.63, 3.8) is 0 Å². The van der Waals surface area contributed by atoms with Crippen molar-refractivity contribution in [2.45, 2.75) is 39.3 Å². The van der Waals surface area contributed by atoms with Crippen molar-refractivity contribution in [2.24, 2.45) is 0 Å². The average Bonchev–Trinajstić information content (AvgIpc) is 2.47. The van der Waals surface area contributed by atoms with Crippen LogP contribution in [-0.2, 0) is 18.5 Å². The molecule has 0 bridgehead atoms. The van der Waals surface area contributed by atoms with Crippen LogP contribution in [-0.4, -0.2) is 4.98 Å². The number of hydrogen-bond acceptors (Lipinski definition) is 2. The predicted molar refractivity (Wildman–Crippen MR) is 53.5 cm³/mol. The molecule has 2 rings (SSSR count). The summed E-state index contributed by atoms with van der Waals surface area (Å²) in [7, 11) is 0. The van der Waals surface area contributed by atoms with Gasteiger partial charge in [0.25, 0.3) is 0 Å². The molecule has 0 aliphatic carbocycles. The van der Waals surface area contributed by atoms with Crippen LogP contribution in [0.4, 0.5) is 0 Å². The van der Waals surface area contributed by atoms with E-state index in [4.69, 9.17) is 0 Å². The Morgan fingerprint density at radius 2 is 2.08 bits per heavy atom. The zero-order valence-electron chi connectivity index (χ0n) is 8.52. The van der Waals surface area contributed by atoms with Crippen LogP contribution in [0, 0.1) is 0 Å². The van der Waals surface area contributed by atoms with Gasteiger partial charge in [-0.15, -0.1) is 0 Å². The van der Waals surface area contributed by atoms with E-state index in [0.29, 0.717) is 0 Å². The van der Waals surface area contributed by atoms with Crippen molar-refractivity contribution in [1.82, 2.24) is 10.3 Å². The zero-order valence-corrected chi connectivity index (χ0v) is 8.52. The summed E-state index contributed by atoms with van der Waals surface area (Å²) in [5, 5.41) is 3.30. The van der Waals surface area contributed by atoms with Gasteiger partial charge in [0.15, 0.2) is 0 Å². The van der Waals surface area contributed by atoms with Crippen molar-refractivity contribution in [3.05, 3.63) is 29.1 Å². The molecule has 1 aliphatic heterocycles. The molecular weight excluding hydrogens is 160 g/mol. The normalized spacial score (nSPS) is 15.9. The Morgan fingerprint density at radius 1 is 1.31 bits per heavy atom. The molecular formula is C11H16N2. The van der Waals surface area contributed by atoms with Crippen LogP contribution in [0.2, 0.25) is 0 Å². The fourth-order valence-corrected chi connectivity index (χ4v) is 1.58. The molecule has 0 atom stereocenters. The minimum Gasteiger partial charge on any atom is -0.307 e. The van der Waals surface area contributed by atoms with Gasteiger partial charge >= 0.3 is 0 Å². The predicted octanol–water partition coefficient (Wildman–Crippen LogP) is 1.98. The van der Waals surface area contributed by atoms with Gasteiger partial charge in [-0.3, -0.25) is 4.98 Å². The van der Waals surface area contributed by atoms with Gasteiger partial charge in [0.1, 0.15) is 0 Å². The lowest BCUT2D eigenvalue weighted by Gasteiger charge is -2.19. The summed E-state index contributed by atoms with van der Waals surface area (Å²) in [4.78, 5) is 4.46. The molecule has 0 aromatic carbocycles. The summed E-state index contributed by atoms with van der Waals surface area (Å²) >= 11 is 0. The van der Waals surface area contributed by atoms with Gasteiger partial charge < -0.3 is 5.32 Å². The van der Waals surface area contributed by atoms with Crippen molar-refractivity contribution in [2.75, 3.05) is 0 Å². The number of hydrogen-bond donors (Lipinski definition) is 1. The minimum atomic E-state index is 0.213. The maximum Gasteiger partial charge on any atom is 0.0586 e. The molecule has 2 nitrogen and oxygen atoms in total. The summed E-state index contributed by atoms with van der Waals surface area (Å²) in [5.41, 5.74) is 4.13. The SMILES string of the molecule is CC(C)(C)c1cnc2c(c1)CNC2. The van der Waals surface area contributed by atoms with E-state index in [0.717, 1.165) is 13.1 Å². The first-order valence-corrected chi connectivity index (χ1v) is 4.76. The molecule has 70 valence electrons. The topological polar surface area (TPSA) is 24.9 Å². The first kappa shape index (κ1) is 8.70. The first-order valence-electron chi connectivity index (χ1n) is 4.76. The van der Waals surface area contributed by atoms with E-state index < -0.39 is 0 Å². The molecule has 0 spiro atoms. The number of aromatic nitrogens is 1. The van der Waals surface area contributed by atoms with Crippen LogP contribution in [0.25, 0.3) is 0 Å². The largest absolute Gasteiger partial charge is 0.307 e. The van der Waals surface area contributed by atoms with Gasteiger partial charge in [-0.25, -0.2) is 0 Å². The summed E-state index contributed by atoms with van der Waals surface area (Å²) in [6.45, 7) is 8.57. The fourth-order valence-electron chi connectivity index (χ4n) is 1.58. The van der Waals surface area contributed by atoms with Crippen molar-refractivity contribution in [3.8, 4) is 0 Å². The molecule has 2 heterocycles. The van der Waals surface area contributed by atoms with Gasteiger partial charge in [-0.2, -0.15) is 0 Å². The van der Waals surface area contributed by atoms with Gasteiger partial charge in [0.05, 0.1) is 5.69 Å². The highest BCUT2D eigenvalue weighted by Crippen LogP contribution is 2.24. The minimum absolute atomic E-state index is 0.213. The molecule has 1 N–H and O–H groups in total. The Labute approximate surface area is 79.4 Å². The third-order valence-electron chi connectivity index (χ3n) is 2.53. The molecule has 0 saturated carbocycles. The highest BCUT2D eigenvalue weighted by molar-refractivity contribution is 5.31. The second-order valence-corrected chi connectivity index (χ2v) is 4.68. The Balaban J connectivity index is 2.42. The number of pyridine rings is 1. The molecule has 0 unspecified atom stereocenters. The molecule has 2 heteroatoms. The lowest BCUT2D eigenvalue weighted by atomic mass is 9.87. The number of rotatable bonds is 0. The van der Waals surface area contributed by atoms with E-state index in [1.807, 2.05) is 6.20 Å². The summed E-state index contributed by atoms with van der Waals surface area (Å²) in [5.74, 6) is 0. The third kappa shape index (κ3) is 1.59. The zero-order chi connectivity index (χ0) is 9.47. The lowest BCUT2D eigenvalue weighted by Crippen LogP contribution is -2.12. The van der Waals surface area contributed by atoms with Crippen LogP contribution < -0.4 is 5.32 Å². The standard InChI is InChI=1S/C11H16N2/c1-11(2,3)9-4-8-5-12-7-10(8)13-6-9/h4,6,12H,5,7H2,1-3H3. The molecule has 0 fully saturated rings. The van der Waals surface area contributed by atoms with Gasteiger partial charge in [0.2, 0.25) is 0 Å². The van der Waals surface area contributed by atoms with Crippen LogP contribution in [0.5, 0.6) is 0 Å². The summed E-state index contributed by atoms with van der Waals surface area (Å²) in [6, 6.07) is 2.28. The van der Waals surface area contributed by atoms with Crippen LogP contribution in [0.3, 0.4) is 0 Å². The van der Waals surface area contributed by atoms with E-state index in [2.05, 4.69) is 37.1 Å². The second kappa shape index (κ2) is 2.81.